The van der Waals surface area contributed by atoms with Gasteiger partial charge < -0.3 is 11.1 Å². The average molecular weight is 260 g/mol. The van der Waals surface area contributed by atoms with Crippen LogP contribution in [0.15, 0.2) is 78.9 Å². The van der Waals surface area contributed by atoms with Crippen molar-refractivity contribution in [2.24, 2.45) is 0 Å². The summed E-state index contributed by atoms with van der Waals surface area (Å²) in [6.07, 6.45) is 0. The molecule has 3 rings (SSSR count). The number of nitrogen functional groups attached to an aromatic ring is 1. The highest BCUT2D eigenvalue weighted by Crippen LogP contribution is 2.23. The number of rotatable bonds is 3. The monoisotopic (exact) mass is 260 g/mol. The van der Waals surface area contributed by atoms with E-state index in [1.165, 1.54) is 11.1 Å². The second kappa shape index (κ2) is 5.49. The summed E-state index contributed by atoms with van der Waals surface area (Å²) in [5, 5.41) is 3.34. The predicted molar refractivity (Wildman–Crippen MR) is 86.0 cm³/mol. The van der Waals surface area contributed by atoms with Crippen molar-refractivity contribution in [3.05, 3.63) is 78.9 Å². The molecule has 3 aromatic rings. The van der Waals surface area contributed by atoms with Gasteiger partial charge in [0.05, 0.1) is 0 Å². The zero-order valence-electron chi connectivity index (χ0n) is 11.1. The molecule has 0 aliphatic rings. The molecule has 0 aliphatic carbocycles. The maximum Gasteiger partial charge on any atom is 0.0404 e. The maximum atomic E-state index is 5.77. The first-order valence-corrected chi connectivity index (χ1v) is 6.59. The van der Waals surface area contributed by atoms with Gasteiger partial charge in [0.1, 0.15) is 0 Å². The van der Waals surface area contributed by atoms with E-state index in [2.05, 4.69) is 41.7 Å². The number of nitrogens with two attached hydrogens (primary N) is 1. The highest BCUT2D eigenvalue weighted by molar-refractivity contribution is 5.69. The lowest BCUT2D eigenvalue weighted by molar-refractivity contribution is 1.54. The van der Waals surface area contributed by atoms with E-state index in [1.54, 1.807) is 0 Å². The molecule has 2 nitrogen and oxygen atoms in total. The molecule has 0 saturated carbocycles. The minimum absolute atomic E-state index is 0.760. The Morgan fingerprint density at radius 1 is 0.600 bits per heavy atom. The summed E-state index contributed by atoms with van der Waals surface area (Å²) < 4.78 is 0. The summed E-state index contributed by atoms with van der Waals surface area (Å²) in [6.45, 7) is 0. The van der Waals surface area contributed by atoms with Gasteiger partial charge in [-0.1, -0.05) is 48.5 Å². The van der Waals surface area contributed by atoms with Crippen LogP contribution in [0.1, 0.15) is 0 Å². The average Bonchev–Trinajstić information content (AvgIpc) is 2.49. The summed E-state index contributed by atoms with van der Waals surface area (Å²) in [4.78, 5) is 0. The smallest absolute Gasteiger partial charge is 0.0404 e. The predicted octanol–water partition coefficient (Wildman–Crippen LogP) is 4.68. The van der Waals surface area contributed by atoms with Gasteiger partial charge in [0.15, 0.2) is 0 Å². The Balaban J connectivity index is 1.80. The lowest BCUT2D eigenvalue weighted by Gasteiger charge is -2.08. The van der Waals surface area contributed by atoms with Crippen LogP contribution in [0.2, 0.25) is 0 Å². The third-order valence-electron chi connectivity index (χ3n) is 3.17. The van der Waals surface area contributed by atoms with Crippen LogP contribution >= 0.6 is 0 Å². The molecule has 0 bridgehead atoms. The first-order chi connectivity index (χ1) is 9.81. The second-order valence-electron chi connectivity index (χ2n) is 4.69. The van der Waals surface area contributed by atoms with Crippen LogP contribution in [-0.4, -0.2) is 0 Å². The van der Waals surface area contributed by atoms with E-state index in [-0.39, 0.29) is 0 Å². The molecule has 0 spiro atoms. The van der Waals surface area contributed by atoms with Crippen molar-refractivity contribution in [3.8, 4) is 11.1 Å². The Hall–Kier alpha value is -2.74. The van der Waals surface area contributed by atoms with Crippen molar-refractivity contribution in [2.75, 3.05) is 11.1 Å². The normalized spacial score (nSPS) is 10.2. The molecule has 0 fully saturated rings. The van der Waals surface area contributed by atoms with Gasteiger partial charge in [-0.05, 0) is 41.5 Å². The van der Waals surface area contributed by atoms with Gasteiger partial charge in [-0.2, -0.15) is 0 Å². The van der Waals surface area contributed by atoms with Gasteiger partial charge in [-0.15, -0.1) is 0 Å². The van der Waals surface area contributed by atoms with E-state index in [1.807, 2.05) is 42.5 Å². The molecule has 0 aliphatic heterocycles. The third-order valence-corrected chi connectivity index (χ3v) is 3.17. The van der Waals surface area contributed by atoms with Gasteiger partial charge >= 0.3 is 0 Å². The van der Waals surface area contributed by atoms with Crippen molar-refractivity contribution in [2.45, 2.75) is 0 Å². The number of anilines is 3. The number of hydrogen-bond donors (Lipinski definition) is 2. The minimum atomic E-state index is 0.760. The molecule has 20 heavy (non-hydrogen) atoms. The molecule has 0 heterocycles. The molecular weight excluding hydrogens is 244 g/mol. The van der Waals surface area contributed by atoms with E-state index >= 15 is 0 Å². The second-order valence-corrected chi connectivity index (χ2v) is 4.69. The van der Waals surface area contributed by atoms with E-state index < -0.39 is 0 Å². The molecule has 98 valence electrons. The fourth-order valence-corrected chi connectivity index (χ4v) is 2.16. The van der Waals surface area contributed by atoms with Gasteiger partial charge in [-0.25, -0.2) is 0 Å². The highest BCUT2D eigenvalue weighted by Gasteiger charge is 1.98. The number of benzene rings is 3. The van der Waals surface area contributed by atoms with Crippen LogP contribution in [-0.2, 0) is 0 Å². The van der Waals surface area contributed by atoms with Gasteiger partial charge in [0.2, 0.25) is 0 Å². The molecule has 0 aromatic heterocycles. The van der Waals surface area contributed by atoms with Crippen LogP contribution in [0.3, 0.4) is 0 Å². The van der Waals surface area contributed by atoms with Crippen LogP contribution in [0.25, 0.3) is 11.1 Å². The molecule has 0 saturated heterocycles. The Kier molecular flexibility index (Phi) is 3.38. The molecule has 0 amide bonds. The first-order valence-electron chi connectivity index (χ1n) is 6.59. The summed E-state index contributed by atoms with van der Waals surface area (Å²) in [5.74, 6) is 0. The SMILES string of the molecule is Nc1cccc(Nc2ccc(-c3ccccc3)cc2)c1. The van der Waals surface area contributed by atoms with Crippen molar-refractivity contribution >= 4 is 17.1 Å². The van der Waals surface area contributed by atoms with Gasteiger partial charge in [-0.3, -0.25) is 0 Å². The van der Waals surface area contributed by atoms with E-state index in [0.717, 1.165) is 17.1 Å². The van der Waals surface area contributed by atoms with Crippen LogP contribution in [0, 0.1) is 0 Å². The van der Waals surface area contributed by atoms with E-state index in [9.17, 15) is 0 Å². The zero-order valence-corrected chi connectivity index (χ0v) is 11.1. The number of nitrogens with one attached hydrogen (secondary N) is 1. The summed E-state index contributed by atoms with van der Waals surface area (Å²) in [5.41, 5.74) is 11.0. The Labute approximate surface area is 118 Å². The Morgan fingerprint density at radius 3 is 2.00 bits per heavy atom. The largest absolute Gasteiger partial charge is 0.399 e. The quantitative estimate of drug-likeness (QED) is 0.671. The molecule has 3 N–H and O–H groups in total. The van der Waals surface area contributed by atoms with Crippen molar-refractivity contribution in [1.29, 1.82) is 0 Å². The highest BCUT2D eigenvalue weighted by atomic mass is 14.9. The van der Waals surface area contributed by atoms with Gasteiger partial charge in [0.25, 0.3) is 0 Å². The van der Waals surface area contributed by atoms with Crippen LogP contribution in [0.5, 0.6) is 0 Å². The molecular formula is C18H16N2. The zero-order chi connectivity index (χ0) is 13.8. The fraction of sp³-hybridized carbons (Fsp3) is 0. The molecule has 0 radical (unpaired) electrons. The fourth-order valence-electron chi connectivity index (χ4n) is 2.16. The topological polar surface area (TPSA) is 38.0 Å². The van der Waals surface area contributed by atoms with Gasteiger partial charge in [0, 0.05) is 17.1 Å². The van der Waals surface area contributed by atoms with Crippen LogP contribution < -0.4 is 11.1 Å². The molecule has 0 unspecified atom stereocenters. The van der Waals surface area contributed by atoms with Crippen molar-refractivity contribution in [3.63, 3.8) is 0 Å². The Bertz CT molecular complexity index is 688. The number of hydrogen-bond acceptors (Lipinski definition) is 2. The van der Waals surface area contributed by atoms with Crippen LogP contribution in [0.4, 0.5) is 17.1 Å². The summed E-state index contributed by atoms with van der Waals surface area (Å²) >= 11 is 0. The van der Waals surface area contributed by atoms with Crippen molar-refractivity contribution < 1.29 is 0 Å². The standard InChI is InChI=1S/C18H16N2/c19-16-7-4-8-18(13-16)20-17-11-9-15(10-12-17)14-5-2-1-3-6-14/h1-13,20H,19H2. The molecule has 2 heteroatoms. The lowest BCUT2D eigenvalue weighted by Crippen LogP contribution is -1.92. The summed E-state index contributed by atoms with van der Waals surface area (Å²) in [7, 11) is 0. The summed E-state index contributed by atoms with van der Waals surface area (Å²) in [6, 6.07) is 26.5. The Morgan fingerprint density at radius 2 is 1.30 bits per heavy atom. The lowest BCUT2D eigenvalue weighted by atomic mass is 10.1. The van der Waals surface area contributed by atoms with Crippen molar-refractivity contribution in [1.82, 2.24) is 0 Å². The third kappa shape index (κ3) is 2.81. The molecule has 0 atom stereocenters. The maximum absolute atomic E-state index is 5.77. The van der Waals surface area contributed by atoms with E-state index in [0.29, 0.717) is 0 Å². The minimum Gasteiger partial charge on any atom is -0.399 e. The van der Waals surface area contributed by atoms with E-state index in [4.69, 9.17) is 5.73 Å². The molecule has 3 aromatic carbocycles. The first kappa shape index (κ1) is 12.3.